The maximum Gasteiger partial charge on any atom is 0.159 e. The second-order valence-corrected chi connectivity index (χ2v) is 6.06. The highest BCUT2D eigenvalue weighted by atomic mass is 16.3. The summed E-state index contributed by atoms with van der Waals surface area (Å²) in [4.78, 5) is 12.0. The molecule has 2 rings (SSSR count). The summed E-state index contributed by atoms with van der Waals surface area (Å²) in [6.45, 7) is 3.71. The van der Waals surface area contributed by atoms with Crippen molar-refractivity contribution in [1.29, 1.82) is 0 Å². The monoisotopic (exact) mass is 260 g/mol. The lowest BCUT2D eigenvalue weighted by Crippen LogP contribution is -2.34. The molecule has 0 radical (unpaired) electrons. The maximum atomic E-state index is 12.0. The normalized spacial score (nSPS) is 34.9. The summed E-state index contributed by atoms with van der Waals surface area (Å²) in [5.74, 6) is 6.49. The van der Waals surface area contributed by atoms with Crippen molar-refractivity contribution in [3.8, 4) is 11.8 Å². The lowest BCUT2D eigenvalue weighted by Gasteiger charge is -2.28. The fourth-order valence-electron chi connectivity index (χ4n) is 3.59. The molecule has 0 aromatic carbocycles. The summed E-state index contributed by atoms with van der Waals surface area (Å²) in [6, 6.07) is 0. The van der Waals surface area contributed by atoms with Gasteiger partial charge >= 0.3 is 0 Å². The zero-order valence-corrected chi connectivity index (χ0v) is 12.0. The molecule has 0 heterocycles. The molecule has 0 bridgehead atoms. The van der Waals surface area contributed by atoms with Crippen molar-refractivity contribution >= 4 is 5.78 Å². The van der Waals surface area contributed by atoms with Crippen molar-refractivity contribution in [2.45, 2.75) is 58.0 Å². The summed E-state index contributed by atoms with van der Waals surface area (Å²) < 4.78 is 0. The molecule has 0 aliphatic heterocycles. The van der Waals surface area contributed by atoms with Gasteiger partial charge in [-0.05, 0) is 44.6 Å². The molecule has 0 saturated heterocycles. The first-order chi connectivity index (χ1) is 9.08. The molecule has 19 heavy (non-hydrogen) atoms. The van der Waals surface area contributed by atoms with Crippen molar-refractivity contribution in [1.82, 2.24) is 0 Å². The maximum absolute atomic E-state index is 12.0. The highest BCUT2D eigenvalue weighted by molar-refractivity contribution is 5.91. The number of aliphatic hydroxyl groups is 1. The molecule has 2 nitrogen and oxygen atoms in total. The van der Waals surface area contributed by atoms with E-state index in [-0.39, 0.29) is 17.6 Å². The number of fused-ring (bicyclic) bond motifs is 1. The van der Waals surface area contributed by atoms with Crippen LogP contribution in [0.3, 0.4) is 0 Å². The molecule has 2 saturated carbocycles. The Hall–Kier alpha value is -1.07. The zero-order chi connectivity index (χ0) is 13.9. The van der Waals surface area contributed by atoms with E-state index in [4.69, 9.17) is 0 Å². The minimum Gasteiger partial charge on any atom is -0.389 e. The molecular weight excluding hydrogens is 236 g/mol. The summed E-state index contributed by atoms with van der Waals surface area (Å²) in [6.07, 6.45) is 9.58. The van der Waals surface area contributed by atoms with Gasteiger partial charge in [0.1, 0.15) is 0 Å². The largest absolute Gasteiger partial charge is 0.389 e. The standard InChI is InChI=1S/C17H24O2/c1-3-4-6-13(2)16(18)11-10-15-9-8-14-7-5-12-17(14,15)19/h10-11,13-15,19H,5-9,12H2,1-2H3/b11-10+. The highest BCUT2D eigenvalue weighted by Crippen LogP contribution is 2.51. The number of carbonyl (C=O) groups excluding carboxylic acids is 1. The van der Waals surface area contributed by atoms with E-state index in [0.29, 0.717) is 12.3 Å². The van der Waals surface area contributed by atoms with Gasteiger partial charge in [-0.15, -0.1) is 11.8 Å². The van der Waals surface area contributed by atoms with Gasteiger partial charge in [0, 0.05) is 18.3 Å². The van der Waals surface area contributed by atoms with Gasteiger partial charge in [-0.25, -0.2) is 0 Å². The highest BCUT2D eigenvalue weighted by Gasteiger charge is 2.50. The molecule has 4 atom stereocenters. The smallest absolute Gasteiger partial charge is 0.159 e. The molecule has 2 fully saturated rings. The molecule has 4 unspecified atom stereocenters. The molecule has 0 amide bonds. The van der Waals surface area contributed by atoms with Crippen molar-refractivity contribution in [2.75, 3.05) is 0 Å². The first-order valence-electron chi connectivity index (χ1n) is 7.42. The molecule has 0 aromatic heterocycles. The van der Waals surface area contributed by atoms with Crippen molar-refractivity contribution < 1.29 is 9.90 Å². The van der Waals surface area contributed by atoms with E-state index in [0.717, 1.165) is 32.1 Å². The first-order valence-corrected chi connectivity index (χ1v) is 7.42. The van der Waals surface area contributed by atoms with E-state index in [1.807, 2.05) is 13.0 Å². The Morgan fingerprint density at radius 3 is 3.00 bits per heavy atom. The second-order valence-electron chi connectivity index (χ2n) is 6.06. The van der Waals surface area contributed by atoms with Crippen LogP contribution in [-0.2, 0) is 4.79 Å². The number of rotatable bonds is 4. The molecule has 2 aliphatic rings. The molecule has 0 aromatic rings. The third kappa shape index (κ3) is 2.92. The fourth-order valence-corrected chi connectivity index (χ4v) is 3.59. The van der Waals surface area contributed by atoms with Crippen LogP contribution in [0.1, 0.15) is 52.4 Å². The fraction of sp³-hybridized carbons (Fsp3) is 0.706. The molecule has 104 valence electrons. The van der Waals surface area contributed by atoms with Crippen LogP contribution in [0, 0.1) is 29.6 Å². The van der Waals surface area contributed by atoms with Crippen LogP contribution >= 0.6 is 0 Å². The Morgan fingerprint density at radius 1 is 1.47 bits per heavy atom. The van der Waals surface area contributed by atoms with E-state index in [1.165, 1.54) is 0 Å². The Balaban J connectivity index is 1.95. The van der Waals surface area contributed by atoms with Gasteiger partial charge in [-0.1, -0.05) is 19.4 Å². The Morgan fingerprint density at radius 2 is 2.26 bits per heavy atom. The third-order valence-corrected chi connectivity index (χ3v) is 4.87. The Kier molecular flexibility index (Phi) is 4.47. The van der Waals surface area contributed by atoms with Gasteiger partial charge < -0.3 is 5.11 Å². The zero-order valence-electron chi connectivity index (χ0n) is 12.0. The van der Waals surface area contributed by atoms with Crippen LogP contribution in [0.15, 0.2) is 12.2 Å². The number of hydrogen-bond donors (Lipinski definition) is 1. The lowest BCUT2D eigenvalue weighted by molar-refractivity contribution is -0.117. The SMILES string of the molecule is CC#CCC(C)C(=O)/C=C/C1CCC2CCCC12O. The van der Waals surface area contributed by atoms with E-state index < -0.39 is 5.60 Å². The van der Waals surface area contributed by atoms with Crippen LogP contribution < -0.4 is 0 Å². The molecule has 0 spiro atoms. The van der Waals surface area contributed by atoms with Gasteiger partial charge in [0.15, 0.2) is 5.78 Å². The Labute approximate surface area is 116 Å². The number of allylic oxidation sites excluding steroid dienone is 1. The van der Waals surface area contributed by atoms with Crippen LogP contribution in [-0.4, -0.2) is 16.5 Å². The number of carbonyl (C=O) groups is 1. The number of ketones is 1. The van der Waals surface area contributed by atoms with Crippen molar-refractivity contribution in [3.63, 3.8) is 0 Å². The predicted molar refractivity (Wildman–Crippen MR) is 76.4 cm³/mol. The average molecular weight is 260 g/mol. The first kappa shape index (κ1) is 14.3. The minimum atomic E-state index is -0.525. The minimum absolute atomic E-state index is 0.0425. The van der Waals surface area contributed by atoms with E-state index in [9.17, 15) is 9.90 Å². The summed E-state index contributed by atoms with van der Waals surface area (Å²) in [7, 11) is 0. The predicted octanol–water partition coefficient (Wildman–Crippen LogP) is 3.10. The van der Waals surface area contributed by atoms with Crippen molar-refractivity contribution in [3.05, 3.63) is 12.2 Å². The molecular formula is C17H24O2. The van der Waals surface area contributed by atoms with Gasteiger partial charge in [0.05, 0.1) is 5.60 Å². The average Bonchev–Trinajstić information content (AvgIpc) is 2.90. The summed E-state index contributed by atoms with van der Waals surface area (Å²) >= 11 is 0. The topological polar surface area (TPSA) is 37.3 Å². The third-order valence-electron chi connectivity index (χ3n) is 4.87. The summed E-state index contributed by atoms with van der Waals surface area (Å²) in [5.41, 5.74) is -0.525. The molecule has 2 aliphatic carbocycles. The van der Waals surface area contributed by atoms with Crippen LogP contribution in [0.5, 0.6) is 0 Å². The van der Waals surface area contributed by atoms with Gasteiger partial charge in [-0.2, -0.15) is 0 Å². The quantitative estimate of drug-likeness (QED) is 0.623. The van der Waals surface area contributed by atoms with Crippen LogP contribution in [0.25, 0.3) is 0 Å². The second kappa shape index (κ2) is 5.92. The van der Waals surface area contributed by atoms with E-state index >= 15 is 0 Å². The molecule has 2 heteroatoms. The summed E-state index contributed by atoms with van der Waals surface area (Å²) in [5, 5.41) is 10.7. The van der Waals surface area contributed by atoms with Gasteiger partial charge in [-0.3, -0.25) is 4.79 Å². The van der Waals surface area contributed by atoms with E-state index in [2.05, 4.69) is 11.8 Å². The van der Waals surface area contributed by atoms with Gasteiger partial charge in [0.2, 0.25) is 0 Å². The van der Waals surface area contributed by atoms with Crippen molar-refractivity contribution in [2.24, 2.45) is 17.8 Å². The molecule has 1 N–H and O–H groups in total. The van der Waals surface area contributed by atoms with Crippen LogP contribution in [0.4, 0.5) is 0 Å². The number of hydrogen-bond acceptors (Lipinski definition) is 2. The van der Waals surface area contributed by atoms with Crippen LogP contribution in [0.2, 0.25) is 0 Å². The lowest BCUT2D eigenvalue weighted by atomic mass is 9.86. The Bertz CT molecular complexity index is 426. The van der Waals surface area contributed by atoms with Gasteiger partial charge in [0.25, 0.3) is 0 Å². The van der Waals surface area contributed by atoms with E-state index in [1.54, 1.807) is 13.0 Å².